The highest BCUT2D eigenvalue weighted by Gasteiger charge is 2.14. The van der Waals surface area contributed by atoms with Crippen LogP contribution in [0.5, 0.6) is 5.75 Å². The lowest BCUT2D eigenvalue weighted by Crippen LogP contribution is -2.34. The number of nitrogens with one attached hydrogen (secondary N) is 1. The van der Waals surface area contributed by atoms with Crippen molar-refractivity contribution in [3.05, 3.63) is 29.8 Å². The molecule has 0 radical (unpaired) electrons. The van der Waals surface area contributed by atoms with Gasteiger partial charge in [-0.1, -0.05) is 6.07 Å². The van der Waals surface area contributed by atoms with Crippen molar-refractivity contribution < 1.29 is 37.4 Å². The number of ether oxygens (including phenoxy) is 3. The summed E-state index contributed by atoms with van der Waals surface area (Å²) >= 11 is 0. The van der Waals surface area contributed by atoms with Crippen LogP contribution in [0.3, 0.4) is 0 Å². The number of halogens is 2. The Hall–Kier alpha value is -2.71. The maximum atomic E-state index is 12.1. The molecule has 1 rings (SSSR count). The zero-order valence-corrected chi connectivity index (χ0v) is 11.5. The van der Waals surface area contributed by atoms with Gasteiger partial charge in [0.15, 0.2) is 6.61 Å². The first-order chi connectivity index (χ1) is 10.4. The summed E-state index contributed by atoms with van der Waals surface area (Å²) in [6, 6.07) is 4.88. The van der Waals surface area contributed by atoms with Crippen LogP contribution in [-0.2, 0) is 14.3 Å². The summed E-state index contributed by atoms with van der Waals surface area (Å²) in [6.45, 7) is -2.12. The van der Waals surface area contributed by atoms with Gasteiger partial charge in [-0.25, -0.2) is 9.59 Å². The molecular weight excluding hydrogens is 304 g/mol. The quantitative estimate of drug-likeness (QED) is 0.803. The Balaban J connectivity index is 2.51. The van der Waals surface area contributed by atoms with E-state index in [9.17, 15) is 23.2 Å². The molecule has 0 unspecified atom stereocenters. The van der Waals surface area contributed by atoms with Crippen molar-refractivity contribution in [1.29, 1.82) is 0 Å². The number of alkyl halides is 2. The SMILES string of the molecule is CCOC(=O)NC(=O)COC(=O)c1cccc(OC(F)F)c1. The van der Waals surface area contributed by atoms with Crippen LogP contribution in [0.4, 0.5) is 13.6 Å². The summed E-state index contributed by atoms with van der Waals surface area (Å²) in [7, 11) is 0. The molecule has 0 aliphatic carbocycles. The number of alkyl carbamates (subject to hydrolysis) is 1. The minimum absolute atomic E-state index is 0.0792. The summed E-state index contributed by atoms with van der Waals surface area (Å²) in [4.78, 5) is 33.8. The fourth-order valence-corrected chi connectivity index (χ4v) is 1.33. The lowest BCUT2D eigenvalue weighted by molar-refractivity contribution is -0.123. The molecule has 2 amide bonds. The van der Waals surface area contributed by atoms with E-state index >= 15 is 0 Å². The number of amides is 2. The third kappa shape index (κ3) is 6.16. The van der Waals surface area contributed by atoms with E-state index in [0.717, 1.165) is 6.07 Å². The minimum Gasteiger partial charge on any atom is -0.452 e. The van der Waals surface area contributed by atoms with Crippen molar-refractivity contribution in [2.45, 2.75) is 13.5 Å². The van der Waals surface area contributed by atoms with Crippen LogP contribution in [0.25, 0.3) is 0 Å². The molecule has 0 saturated heterocycles. The Kier molecular flexibility index (Phi) is 6.74. The fourth-order valence-electron chi connectivity index (χ4n) is 1.33. The first kappa shape index (κ1) is 17.3. The average molecular weight is 317 g/mol. The molecule has 0 bridgehead atoms. The maximum Gasteiger partial charge on any atom is 0.413 e. The van der Waals surface area contributed by atoms with Gasteiger partial charge in [-0.15, -0.1) is 0 Å². The summed E-state index contributed by atoms with van der Waals surface area (Å²) in [5, 5.41) is 1.82. The molecule has 9 heteroatoms. The van der Waals surface area contributed by atoms with Gasteiger partial charge in [0.25, 0.3) is 5.91 Å². The Bertz CT molecular complexity index is 549. The molecule has 1 N–H and O–H groups in total. The molecular formula is C13H13F2NO6. The molecule has 0 atom stereocenters. The van der Waals surface area contributed by atoms with Gasteiger partial charge in [0.2, 0.25) is 0 Å². The van der Waals surface area contributed by atoms with Crippen LogP contribution in [0.15, 0.2) is 24.3 Å². The van der Waals surface area contributed by atoms with Crippen molar-refractivity contribution in [2.75, 3.05) is 13.2 Å². The largest absolute Gasteiger partial charge is 0.452 e. The number of hydrogen-bond acceptors (Lipinski definition) is 6. The molecule has 0 aliphatic heterocycles. The van der Waals surface area contributed by atoms with Crippen molar-refractivity contribution in [3.8, 4) is 5.75 Å². The summed E-state index contributed by atoms with van der Waals surface area (Å²) < 4.78 is 37.3. The van der Waals surface area contributed by atoms with Gasteiger partial charge in [-0.05, 0) is 25.1 Å². The number of hydrogen-bond donors (Lipinski definition) is 1. The topological polar surface area (TPSA) is 90.9 Å². The van der Waals surface area contributed by atoms with Gasteiger partial charge in [-0.2, -0.15) is 8.78 Å². The van der Waals surface area contributed by atoms with E-state index in [0.29, 0.717) is 0 Å². The van der Waals surface area contributed by atoms with E-state index in [1.165, 1.54) is 18.2 Å². The second-order valence-corrected chi connectivity index (χ2v) is 3.75. The number of rotatable bonds is 6. The number of carbonyl (C=O) groups is 3. The Morgan fingerprint density at radius 1 is 1.23 bits per heavy atom. The van der Waals surface area contributed by atoms with Crippen molar-refractivity contribution >= 4 is 18.0 Å². The zero-order chi connectivity index (χ0) is 16.5. The van der Waals surface area contributed by atoms with E-state index in [2.05, 4.69) is 14.2 Å². The molecule has 1 aromatic carbocycles. The van der Waals surface area contributed by atoms with Crippen LogP contribution >= 0.6 is 0 Å². The normalized spacial score (nSPS) is 10.0. The highest BCUT2D eigenvalue weighted by Crippen LogP contribution is 2.16. The summed E-state index contributed by atoms with van der Waals surface area (Å²) in [5.74, 6) is -2.04. The van der Waals surface area contributed by atoms with Gasteiger partial charge in [0, 0.05) is 0 Å². The molecule has 0 aliphatic rings. The van der Waals surface area contributed by atoms with E-state index in [1.54, 1.807) is 6.92 Å². The number of esters is 1. The Labute approximate surface area is 124 Å². The average Bonchev–Trinajstić information content (AvgIpc) is 2.44. The Morgan fingerprint density at radius 3 is 2.59 bits per heavy atom. The predicted molar refractivity (Wildman–Crippen MR) is 68.5 cm³/mol. The standard InChI is InChI=1S/C13H13F2NO6/c1-2-20-13(19)16-10(17)7-21-11(18)8-4-3-5-9(6-8)22-12(14)15/h3-6,12H,2,7H2,1H3,(H,16,17,19). The fraction of sp³-hybridized carbons (Fsp3) is 0.308. The lowest BCUT2D eigenvalue weighted by atomic mass is 10.2. The Morgan fingerprint density at radius 2 is 1.95 bits per heavy atom. The van der Waals surface area contributed by atoms with Gasteiger partial charge < -0.3 is 14.2 Å². The van der Waals surface area contributed by atoms with Crippen LogP contribution < -0.4 is 10.1 Å². The summed E-state index contributed by atoms with van der Waals surface area (Å²) in [6.07, 6.45) is -0.962. The molecule has 0 spiro atoms. The zero-order valence-electron chi connectivity index (χ0n) is 11.5. The molecule has 0 heterocycles. The highest BCUT2D eigenvalue weighted by molar-refractivity contribution is 5.95. The second-order valence-electron chi connectivity index (χ2n) is 3.75. The molecule has 7 nitrogen and oxygen atoms in total. The predicted octanol–water partition coefficient (Wildman–Crippen LogP) is 1.72. The molecule has 0 saturated carbocycles. The number of imide groups is 1. The first-order valence-electron chi connectivity index (χ1n) is 6.11. The van der Waals surface area contributed by atoms with Crippen molar-refractivity contribution in [3.63, 3.8) is 0 Å². The van der Waals surface area contributed by atoms with Gasteiger partial charge >= 0.3 is 18.7 Å². The van der Waals surface area contributed by atoms with Gasteiger partial charge in [0.05, 0.1) is 12.2 Å². The summed E-state index contributed by atoms with van der Waals surface area (Å²) in [5.41, 5.74) is -0.0814. The van der Waals surface area contributed by atoms with Crippen molar-refractivity contribution in [2.24, 2.45) is 0 Å². The number of carbonyl (C=O) groups excluding carboxylic acids is 3. The van der Waals surface area contributed by atoms with Crippen LogP contribution in [0.1, 0.15) is 17.3 Å². The number of benzene rings is 1. The molecule has 0 fully saturated rings. The van der Waals surface area contributed by atoms with E-state index in [4.69, 9.17) is 0 Å². The van der Waals surface area contributed by atoms with E-state index in [1.807, 2.05) is 5.32 Å². The first-order valence-corrected chi connectivity index (χ1v) is 6.11. The van der Waals surface area contributed by atoms with Crippen molar-refractivity contribution in [1.82, 2.24) is 5.32 Å². The molecule has 120 valence electrons. The van der Waals surface area contributed by atoms with Gasteiger partial charge in [-0.3, -0.25) is 10.1 Å². The van der Waals surface area contributed by atoms with Crippen LogP contribution in [0, 0.1) is 0 Å². The molecule has 1 aromatic rings. The molecule has 22 heavy (non-hydrogen) atoms. The van der Waals surface area contributed by atoms with E-state index < -0.39 is 31.2 Å². The third-order valence-electron chi connectivity index (χ3n) is 2.15. The highest BCUT2D eigenvalue weighted by atomic mass is 19.3. The van der Waals surface area contributed by atoms with Gasteiger partial charge in [0.1, 0.15) is 5.75 Å². The second kappa shape index (κ2) is 8.55. The minimum atomic E-state index is -3.03. The van der Waals surface area contributed by atoms with Crippen LogP contribution in [-0.4, -0.2) is 37.8 Å². The maximum absolute atomic E-state index is 12.1. The third-order valence-corrected chi connectivity index (χ3v) is 2.15. The molecule has 0 aromatic heterocycles. The van der Waals surface area contributed by atoms with E-state index in [-0.39, 0.29) is 17.9 Å². The van der Waals surface area contributed by atoms with Crippen LogP contribution in [0.2, 0.25) is 0 Å². The smallest absolute Gasteiger partial charge is 0.413 e. The lowest BCUT2D eigenvalue weighted by Gasteiger charge is -2.07. The monoisotopic (exact) mass is 317 g/mol.